The monoisotopic (exact) mass is 365 g/mol. The molecule has 116 valence electrons. The van der Waals surface area contributed by atoms with Gasteiger partial charge in [0.25, 0.3) is 5.91 Å². The number of hydrogen-bond acceptors (Lipinski definition) is 4. The molecule has 0 saturated carbocycles. The van der Waals surface area contributed by atoms with Crippen molar-refractivity contribution in [3.63, 3.8) is 0 Å². The second-order valence-corrected chi connectivity index (χ2v) is 5.79. The molecule has 0 radical (unpaired) electrons. The lowest BCUT2D eigenvalue weighted by Gasteiger charge is -2.10. The van der Waals surface area contributed by atoms with Crippen molar-refractivity contribution < 1.29 is 14.3 Å². The van der Waals surface area contributed by atoms with Crippen molar-refractivity contribution in [1.82, 2.24) is 15.1 Å². The van der Waals surface area contributed by atoms with Crippen LogP contribution in [0.2, 0.25) is 0 Å². The predicted molar refractivity (Wildman–Crippen MR) is 83.2 cm³/mol. The molecule has 1 fully saturated rings. The fourth-order valence-electron chi connectivity index (χ4n) is 2.17. The number of amides is 1. The molecule has 1 aliphatic rings. The normalized spacial score (nSPS) is 15.2. The van der Waals surface area contributed by atoms with Crippen LogP contribution in [-0.2, 0) is 23.1 Å². The Labute approximate surface area is 136 Å². The van der Waals surface area contributed by atoms with Crippen LogP contribution in [0.15, 0.2) is 34.9 Å². The lowest BCUT2D eigenvalue weighted by Crippen LogP contribution is -2.23. The van der Waals surface area contributed by atoms with Crippen molar-refractivity contribution >= 4 is 21.8 Å². The Balaban J connectivity index is 1.58. The first-order valence-corrected chi connectivity index (χ1v) is 7.72. The number of ether oxygens (including phenoxy) is 2. The largest absolute Gasteiger partial charge is 0.347 e. The van der Waals surface area contributed by atoms with Gasteiger partial charge in [-0.05, 0) is 21.5 Å². The summed E-state index contributed by atoms with van der Waals surface area (Å²) in [6, 6.07) is 9.50. The van der Waals surface area contributed by atoms with E-state index in [1.165, 1.54) is 0 Å². The molecule has 2 heterocycles. The zero-order valence-corrected chi connectivity index (χ0v) is 13.7. The Hall–Kier alpha value is -1.70. The van der Waals surface area contributed by atoms with Crippen LogP contribution in [-0.4, -0.2) is 28.9 Å². The number of halogens is 1. The van der Waals surface area contributed by atoms with Gasteiger partial charge < -0.3 is 14.8 Å². The van der Waals surface area contributed by atoms with E-state index in [1.807, 2.05) is 24.3 Å². The van der Waals surface area contributed by atoms with Crippen molar-refractivity contribution in [2.24, 2.45) is 7.05 Å². The molecule has 0 unspecified atom stereocenters. The zero-order chi connectivity index (χ0) is 15.5. The van der Waals surface area contributed by atoms with Gasteiger partial charge in [-0.15, -0.1) is 0 Å². The Morgan fingerprint density at radius 3 is 2.64 bits per heavy atom. The highest BCUT2D eigenvalue weighted by molar-refractivity contribution is 9.10. The lowest BCUT2D eigenvalue weighted by atomic mass is 10.1. The van der Waals surface area contributed by atoms with Gasteiger partial charge in [-0.2, -0.15) is 5.10 Å². The molecule has 1 amide bonds. The minimum atomic E-state index is -0.269. The van der Waals surface area contributed by atoms with E-state index in [2.05, 4.69) is 26.3 Å². The van der Waals surface area contributed by atoms with E-state index in [0.717, 1.165) is 15.7 Å². The SMILES string of the molecule is Cn1nc(C(=O)NCc2ccc(C3OCCO3)cc2)cc1Br. The Morgan fingerprint density at radius 1 is 1.36 bits per heavy atom. The Bertz CT molecular complexity index is 644. The first-order valence-electron chi connectivity index (χ1n) is 6.93. The van der Waals surface area contributed by atoms with E-state index >= 15 is 0 Å². The number of hydrogen-bond donors (Lipinski definition) is 1. The first-order chi connectivity index (χ1) is 10.6. The van der Waals surface area contributed by atoms with Gasteiger partial charge in [-0.25, -0.2) is 0 Å². The van der Waals surface area contributed by atoms with Crippen LogP contribution in [0.25, 0.3) is 0 Å². The van der Waals surface area contributed by atoms with E-state index in [0.29, 0.717) is 25.5 Å². The van der Waals surface area contributed by atoms with Crippen molar-refractivity contribution in [3.8, 4) is 0 Å². The average Bonchev–Trinajstić information content (AvgIpc) is 3.16. The molecule has 6 nitrogen and oxygen atoms in total. The van der Waals surface area contributed by atoms with Gasteiger partial charge >= 0.3 is 0 Å². The Kier molecular flexibility index (Phi) is 4.56. The van der Waals surface area contributed by atoms with E-state index in [-0.39, 0.29) is 12.2 Å². The molecular formula is C15H16BrN3O3. The molecule has 1 aromatic carbocycles. The summed E-state index contributed by atoms with van der Waals surface area (Å²) in [5.74, 6) is -0.201. The van der Waals surface area contributed by atoms with E-state index in [4.69, 9.17) is 9.47 Å². The highest BCUT2D eigenvalue weighted by atomic mass is 79.9. The van der Waals surface area contributed by atoms with Gasteiger partial charge in [0.05, 0.1) is 13.2 Å². The summed E-state index contributed by atoms with van der Waals surface area (Å²) in [4.78, 5) is 12.0. The highest BCUT2D eigenvalue weighted by Crippen LogP contribution is 2.23. The summed E-state index contributed by atoms with van der Waals surface area (Å²) in [5.41, 5.74) is 2.38. The smallest absolute Gasteiger partial charge is 0.272 e. The van der Waals surface area contributed by atoms with E-state index in [9.17, 15) is 4.79 Å². The van der Waals surface area contributed by atoms with Gasteiger partial charge in [-0.3, -0.25) is 9.48 Å². The maximum absolute atomic E-state index is 12.0. The van der Waals surface area contributed by atoms with Gasteiger partial charge in [0.1, 0.15) is 4.60 Å². The summed E-state index contributed by atoms with van der Waals surface area (Å²) in [6.07, 6.45) is -0.269. The third-order valence-corrected chi connectivity index (χ3v) is 4.12. The van der Waals surface area contributed by atoms with Crippen LogP contribution >= 0.6 is 15.9 Å². The minimum Gasteiger partial charge on any atom is -0.347 e. The van der Waals surface area contributed by atoms with Crippen LogP contribution in [0, 0.1) is 0 Å². The fourth-order valence-corrected chi connectivity index (χ4v) is 2.47. The number of rotatable bonds is 4. The Morgan fingerprint density at radius 2 is 2.05 bits per heavy atom. The minimum absolute atomic E-state index is 0.201. The number of carbonyl (C=O) groups is 1. The maximum Gasteiger partial charge on any atom is 0.272 e. The molecule has 1 aliphatic heterocycles. The molecule has 3 rings (SSSR count). The summed E-state index contributed by atoms with van der Waals surface area (Å²) in [5, 5.41) is 6.96. The summed E-state index contributed by atoms with van der Waals surface area (Å²) in [6.45, 7) is 1.70. The molecular weight excluding hydrogens is 350 g/mol. The maximum atomic E-state index is 12.0. The fraction of sp³-hybridized carbons (Fsp3) is 0.333. The predicted octanol–water partition coefficient (Wildman–Crippen LogP) is 2.16. The number of aryl methyl sites for hydroxylation is 1. The molecule has 2 aromatic rings. The molecule has 0 atom stereocenters. The van der Waals surface area contributed by atoms with Crippen molar-refractivity contribution in [3.05, 3.63) is 51.8 Å². The third-order valence-electron chi connectivity index (χ3n) is 3.38. The topological polar surface area (TPSA) is 65.4 Å². The third kappa shape index (κ3) is 3.37. The molecule has 1 aromatic heterocycles. The lowest BCUT2D eigenvalue weighted by molar-refractivity contribution is -0.0441. The molecule has 0 bridgehead atoms. The zero-order valence-electron chi connectivity index (χ0n) is 12.1. The summed E-state index contributed by atoms with van der Waals surface area (Å²) in [7, 11) is 1.77. The van der Waals surface area contributed by atoms with Crippen LogP contribution < -0.4 is 5.32 Å². The summed E-state index contributed by atoms with van der Waals surface area (Å²) >= 11 is 3.32. The van der Waals surface area contributed by atoms with Gasteiger partial charge in [0.15, 0.2) is 12.0 Å². The number of nitrogens with one attached hydrogen (secondary N) is 1. The highest BCUT2D eigenvalue weighted by Gasteiger charge is 2.17. The molecule has 22 heavy (non-hydrogen) atoms. The molecule has 0 spiro atoms. The van der Waals surface area contributed by atoms with Crippen LogP contribution in [0.3, 0.4) is 0 Å². The molecule has 0 aliphatic carbocycles. The second kappa shape index (κ2) is 6.60. The van der Waals surface area contributed by atoms with Gasteiger partial charge in [0, 0.05) is 25.2 Å². The number of carbonyl (C=O) groups excluding carboxylic acids is 1. The van der Waals surface area contributed by atoms with Crippen LogP contribution in [0.5, 0.6) is 0 Å². The second-order valence-electron chi connectivity index (χ2n) is 4.97. The number of nitrogens with zero attached hydrogens (tertiary/aromatic N) is 2. The van der Waals surface area contributed by atoms with Crippen molar-refractivity contribution in [1.29, 1.82) is 0 Å². The van der Waals surface area contributed by atoms with Crippen molar-refractivity contribution in [2.45, 2.75) is 12.8 Å². The van der Waals surface area contributed by atoms with E-state index in [1.54, 1.807) is 17.8 Å². The number of benzene rings is 1. The first kappa shape index (κ1) is 15.2. The molecule has 1 saturated heterocycles. The number of aromatic nitrogens is 2. The van der Waals surface area contributed by atoms with Crippen molar-refractivity contribution in [2.75, 3.05) is 13.2 Å². The summed E-state index contributed by atoms with van der Waals surface area (Å²) < 4.78 is 13.2. The van der Waals surface area contributed by atoms with Crippen LogP contribution in [0.1, 0.15) is 27.9 Å². The average molecular weight is 366 g/mol. The quantitative estimate of drug-likeness (QED) is 0.901. The standard InChI is InChI=1S/C15H16BrN3O3/c1-19-13(16)8-12(18-19)14(20)17-9-10-2-4-11(5-3-10)15-21-6-7-22-15/h2-5,8,15H,6-7,9H2,1H3,(H,17,20). The van der Waals surface area contributed by atoms with Gasteiger partial charge in [-0.1, -0.05) is 24.3 Å². The van der Waals surface area contributed by atoms with Crippen LogP contribution in [0.4, 0.5) is 0 Å². The molecule has 7 heteroatoms. The van der Waals surface area contributed by atoms with Gasteiger partial charge in [0.2, 0.25) is 0 Å². The molecule has 1 N–H and O–H groups in total. The van der Waals surface area contributed by atoms with E-state index < -0.39 is 0 Å².